The number of thiophene rings is 1. The Bertz CT molecular complexity index is 889. The molecule has 0 N–H and O–H groups in total. The zero-order chi connectivity index (χ0) is 20.6. The van der Waals surface area contributed by atoms with Gasteiger partial charge in [-0.3, -0.25) is 14.5 Å². The van der Waals surface area contributed by atoms with Crippen molar-refractivity contribution in [3.8, 4) is 0 Å². The second-order valence-electron chi connectivity index (χ2n) is 10.2. The Hall–Kier alpha value is -1.73. The third kappa shape index (κ3) is 2.60. The molecule has 1 saturated heterocycles. The summed E-state index contributed by atoms with van der Waals surface area (Å²) >= 11 is 1.79. The van der Waals surface area contributed by atoms with Gasteiger partial charge in [-0.1, -0.05) is 6.92 Å². The molecule has 7 heteroatoms. The molecule has 4 aliphatic carbocycles. The Labute approximate surface area is 181 Å². The summed E-state index contributed by atoms with van der Waals surface area (Å²) in [5.74, 6) is 0.642. The van der Waals surface area contributed by atoms with Gasteiger partial charge in [0.15, 0.2) is 0 Å². The molecular formula is C23H29N3O3S. The minimum Gasteiger partial charge on any atom is -0.278 e. The lowest BCUT2D eigenvalue weighted by atomic mass is 9.52. The van der Waals surface area contributed by atoms with E-state index in [0.29, 0.717) is 17.8 Å². The lowest BCUT2D eigenvalue weighted by Gasteiger charge is -2.58. The smallest absolute Gasteiger partial charge is 0.278 e. The highest BCUT2D eigenvalue weighted by Crippen LogP contribution is 2.58. The molecule has 0 radical (unpaired) electrons. The number of imide groups is 2. The molecule has 1 aromatic heterocycles. The molecule has 160 valence electrons. The highest BCUT2D eigenvalue weighted by atomic mass is 32.1. The van der Waals surface area contributed by atoms with E-state index in [1.165, 1.54) is 39.5 Å². The van der Waals surface area contributed by atoms with E-state index in [0.717, 1.165) is 38.6 Å². The van der Waals surface area contributed by atoms with Gasteiger partial charge in [-0.2, -0.15) is 0 Å². The Balaban J connectivity index is 1.26. The Kier molecular flexibility index (Phi) is 4.20. The van der Waals surface area contributed by atoms with Crippen molar-refractivity contribution in [2.45, 2.75) is 69.9 Å². The lowest BCUT2D eigenvalue weighted by molar-refractivity contribution is -0.150. The fourth-order valence-electron chi connectivity index (χ4n) is 7.66. The SMILES string of the molecule is CC[C@@H]1c2ccsc2CCN1CN1C(=O)C(=O)N(C23CC4CC(CC(C4)C2)C3)C1=O. The highest BCUT2D eigenvalue weighted by Gasteiger charge is 2.61. The minimum absolute atomic E-state index is 0.198. The predicted molar refractivity (Wildman–Crippen MR) is 113 cm³/mol. The van der Waals surface area contributed by atoms with Crippen molar-refractivity contribution in [2.75, 3.05) is 13.2 Å². The molecule has 4 saturated carbocycles. The number of urea groups is 1. The van der Waals surface area contributed by atoms with Crippen LogP contribution < -0.4 is 0 Å². The number of fused-ring (bicyclic) bond motifs is 1. The van der Waals surface area contributed by atoms with E-state index in [-0.39, 0.29) is 18.7 Å². The third-order valence-corrected chi connectivity index (χ3v) is 9.45. The highest BCUT2D eigenvalue weighted by molar-refractivity contribution is 7.10. The molecule has 5 fully saturated rings. The lowest BCUT2D eigenvalue weighted by Crippen LogP contribution is -2.62. The van der Waals surface area contributed by atoms with E-state index in [1.807, 2.05) is 0 Å². The van der Waals surface area contributed by atoms with Gasteiger partial charge in [0, 0.05) is 17.5 Å². The van der Waals surface area contributed by atoms with Crippen molar-refractivity contribution in [1.29, 1.82) is 0 Å². The van der Waals surface area contributed by atoms with E-state index >= 15 is 0 Å². The summed E-state index contributed by atoms with van der Waals surface area (Å²) < 4.78 is 0. The first kappa shape index (κ1) is 19.0. The Morgan fingerprint density at radius 3 is 2.33 bits per heavy atom. The summed E-state index contributed by atoms with van der Waals surface area (Å²) in [5, 5.41) is 2.13. The van der Waals surface area contributed by atoms with Crippen LogP contribution in [0, 0.1) is 17.8 Å². The van der Waals surface area contributed by atoms with Crippen LogP contribution >= 0.6 is 11.3 Å². The molecule has 1 aromatic rings. The molecule has 4 bridgehead atoms. The number of hydrogen-bond acceptors (Lipinski definition) is 5. The van der Waals surface area contributed by atoms with Gasteiger partial charge in [0.1, 0.15) is 0 Å². The maximum Gasteiger partial charge on any atom is 0.335 e. The van der Waals surface area contributed by atoms with Gasteiger partial charge in [-0.05, 0) is 86.1 Å². The van der Waals surface area contributed by atoms with Crippen molar-refractivity contribution in [2.24, 2.45) is 17.8 Å². The van der Waals surface area contributed by atoms with Crippen molar-refractivity contribution in [3.63, 3.8) is 0 Å². The van der Waals surface area contributed by atoms with Crippen molar-refractivity contribution in [1.82, 2.24) is 14.7 Å². The predicted octanol–water partition coefficient (Wildman–Crippen LogP) is 3.77. The number of carbonyl (C=O) groups excluding carboxylic acids is 3. The van der Waals surface area contributed by atoms with Crippen LogP contribution in [0.5, 0.6) is 0 Å². The Morgan fingerprint density at radius 1 is 1.03 bits per heavy atom. The van der Waals surface area contributed by atoms with Gasteiger partial charge in [0.25, 0.3) is 0 Å². The van der Waals surface area contributed by atoms with E-state index in [1.54, 1.807) is 11.3 Å². The van der Waals surface area contributed by atoms with Crippen LogP contribution in [-0.2, 0) is 16.0 Å². The van der Waals surface area contributed by atoms with Gasteiger partial charge in [0.05, 0.1) is 12.2 Å². The molecule has 0 unspecified atom stereocenters. The number of hydrogen-bond donors (Lipinski definition) is 0. The molecule has 7 rings (SSSR count). The molecule has 4 amide bonds. The summed E-state index contributed by atoms with van der Waals surface area (Å²) in [7, 11) is 0. The zero-order valence-electron chi connectivity index (χ0n) is 17.5. The Morgan fingerprint density at radius 2 is 1.70 bits per heavy atom. The second-order valence-corrected chi connectivity index (χ2v) is 11.2. The number of carbonyl (C=O) groups is 3. The maximum atomic E-state index is 13.5. The molecule has 2 aliphatic heterocycles. The summed E-state index contributed by atoms with van der Waals surface area (Å²) in [4.78, 5) is 45.8. The summed E-state index contributed by atoms with van der Waals surface area (Å²) in [6.45, 7) is 3.18. The zero-order valence-corrected chi connectivity index (χ0v) is 18.3. The molecule has 6 nitrogen and oxygen atoms in total. The van der Waals surface area contributed by atoms with Crippen LogP contribution in [0.4, 0.5) is 4.79 Å². The fourth-order valence-corrected chi connectivity index (χ4v) is 8.59. The van der Waals surface area contributed by atoms with Crippen molar-refractivity contribution >= 4 is 29.2 Å². The van der Waals surface area contributed by atoms with Crippen molar-refractivity contribution in [3.05, 3.63) is 21.9 Å². The molecule has 6 aliphatic rings. The van der Waals surface area contributed by atoms with Crippen LogP contribution in [0.2, 0.25) is 0 Å². The van der Waals surface area contributed by atoms with E-state index in [9.17, 15) is 14.4 Å². The normalized spacial score (nSPS) is 38.1. The minimum atomic E-state index is -0.623. The molecule has 0 aromatic carbocycles. The number of rotatable bonds is 4. The first-order valence-electron chi connectivity index (χ1n) is 11.5. The first-order chi connectivity index (χ1) is 14.5. The quantitative estimate of drug-likeness (QED) is 0.542. The standard InChI is InChI=1S/C23H29N3O3S/c1-2-18-17-4-6-30-19(17)3-5-24(18)13-25-20(27)21(28)26(22(25)29)23-10-14-7-15(11-23)9-16(8-14)12-23/h4,6,14-16,18H,2-3,5,7-13H2,1H3/t14?,15?,16?,18-,23?/m1/s1. The van der Waals surface area contributed by atoms with Gasteiger partial charge < -0.3 is 0 Å². The van der Waals surface area contributed by atoms with Crippen LogP contribution in [-0.4, -0.2) is 51.3 Å². The molecule has 3 heterocycles. The topological polar surface area (TPSA) is 60.9 Å². The van der Waals surface area contributed by atoms with Crippen LogP contribution in [0.3, 0.4) is 0 Å². The van der Waals surface area contributed by atoms with Crippen LogP contribution in [0.1, 0.15) is 68.4 Å². The monoisotopic (exact) mass is 427 g/mol. The van der Waals surface area contributed by atoms with E-state index in [4.69, 9.17) is 0 Å². The van der Waals surface area contributed by atoms with Gasteiger partial charge in [-0.25, -0.2) is 14.6 Å². The molecular weight excluding hydrogens is 398 g/mol. The largest absolute Gasteiger partial charge is 0.335 e. The van der Waals surface area contributed by atoms with Gasteiger partial charge in [-0.15, -0.1) is 11.3 Å². The van der Waals surface area contributed by atoms with Gasteiger partial charge >= 0.3 is 17.8 Å². The summed E-state index contributed by atoms with van der Waals surface area (Å²) in [6, 6.07) is 2.00. The number of amides is 4. The average molecular weight is 428 g/mol. The summed E-state index contributed by atoms with van der Waals surface area (Å²) in [5.41, 5.74) is 0.914. The van der Waals surface area contributed by atoms with E-state index in [2.05, 4.69) is 23.3 Å². The number of nitrogens with zero attached hydrogens (tertiary/aromatic N) is 3. The summed E-state index contributed by atoms with van der Waals surface area (Å²) in [6.07, 6.45) is 8.27. The maximum absolute atomic E-state index is 13.5. The third-order valence-electron chi connectivity index (χ3n) is 8.45. The average Bonchev–Trinajstić information content (AvgIpc) is 3.26. The van der Waals surface area contributed by atoms with E-state index < -0.39 is 17.4 Å². The fraction of sp³-hybridized carbons (Fsp3) is 0.696. The van der Waals surface area contributed by atoms with Crippen molar-refractivity contribution < 1.29 is 14.4 Å². The molecule has 0 spiro atoms. The van der Waals surface area contributed by atoms with Crippen LogP contribution in [0.25, 0.3) is 0 Å². The first-order valence-corrected chi connectivity index (χ1v) is 12.4. The molecule has 1 atom stereocenters. The van der Waals surface area contributed by atoms with Crippen LogP contribution in [0.15, 0.2) is 11.4 Å². The second kappa shape index (κ2) is 6.63. The van der Waals surface area contributed by atoms with Gasteiger partial charge in [0.2, 0.25) is 0 Å². The molecule has 30 heavy (non-hydrogen) atoms.